The lowest BCUT2D eigenvalue weighted by Crippen LogP contribution is -2.30. The molecule has 4 heteroatoms. The van der Waals surface area contributed by atoms with E-state index in [1.165, 1.54) is 0 Å². The Hall–Kier alpha value is -0.250. The first-order valence-electron chi connectivity index (χ1n) is 5.03. The molecular formula is C11H19ClN2S. The SMILES string of the molecule is CCC(C)C(N)CSc1ccccn1.Cl. The van der Waals surface area contributed by atoms with Crippen LogP contribution < -0.4 is 5.73 Å². The summed E-state index contributed by atoms with van der Waals surface area (Å²) in [6.45, 7) is 4.37. The summed E-state index contributed by atoms with van der Waals surface area (Å²) in [5, 5.41) is 1.06. The average Bonchev–Trinajstić information content (AvgIpc) is 2.26. The molecule has 0 aliphatic heterocycles. The van der Waals surface area contributed by atoms with E-state index in [1.54, 1.807) is 11.8 Å². The van der Waals surface area contributed by atoms with Gasteiger partial charge in [-0.2, -0.15) is 0 Å². The maximum Gasteiger partial charge on any atom is 0.0960 e. The minimum atomic E-state index is 0. The van der Waals surface area contributed by atoms with Gasteiger partial charge in [-0.3, -0.25) is 0 Å². The highest BCUT2D eigenvalue weighted by Gasteiger charge is 2.10. The van der Waals surface area contributed by atoms with Crippen molar-refractivity contribution in [2.45, 2.75) is 31.3 Å². The van der Waals surface area contributed by atoms with E-state index in [1.807, 2.05) is 24.4 Å². The number of rotatable bonds is 5. The number of aromatic nitrogens is 1. The molecule has 2 atom stereocenters. The fourth-order valence-corrected chi connectivity index (χ4v) is 2.08. The summed E-state index contributed by atoms with van der Waals surface area (Å²) in [5.74, 6) is 1.54. The Balaban J connectivity index is 0.00000196. The molecule has 2 N–H and O–H groups in total. The number of pyridine rings is 1. The maximum atomic E-state index is 6.03. The second kappa shape index (κ2) is 7.97. The maximum absolute atomic E-state index is 6.03. The summed E-state index contributed by atoms with van der Waals surface area (Å²) < 4.78 is 0. The molecule has 0 saturated heterocycles. The van der Waals surface area contributed by atoms with Crippen molar-refractivity contribution in [1.29, 1.82) is 0 Å². The minimum Gasteiger partial charge on any atom is -0.327 e. The van der Waals surface area contributed by atoms with E-state index in [2.05, 4.69) is 18.8 Å². The first-order chi connectivity index (χ1) is 6.74. The normalized spacial score (nSPS) is 14.1. The molecule has 2 nitrogen and oxygen atoms in total. The van der Waals surface area contributed by atoms with Crippen LogP contribution in [0.25, 0.3) is 0 Å². The topological polar surface area (TPSA) is 38.9 Å². The lowest BCUT2D eigenvalue weighted by molar-refractivity contribution is 0.475. The van der Waals surface area contributed by atoms with Gasteiger partial charge in [0.15, 0.2) is 0 Å². The molecular weight excluding hydrogens is 228 g/mol. The van der Waals surface area contributed by atoms with Crippen molar-refractivity contribution in [1.82, 2.24) is 4.98 Å². The van der Waals surface area contributed by atoms with Crippen molar-refractivity contribution < 1.29 is 0 Å². The van der Waals surface area contributed by atoms with Crippen molar-refractivity contribution in [3.05, 3.63) is 24.4 Å². The lowest BCUT2D eigenvalue weighted by Gasteiger charge is -2.17. The van der Waals surface area contributed by atoms with Gasteiger partial charge in [0, 0.05) is 18.0 Å². The standard InChI is InChI=1S/C11H18N2S.ClH/c1-3-9(2)10(12)8-14-11-6-4-5-7-13-11;/h4-7,9-10H,3,8,12H2,1-2H3;1H. The molecule has 0 radical (unpaired) electrons. The van der Waals surface area contributed by atoms with Crippen molar-refractivity contribution >= 4 is 24.2 Å². The summed E-state index contributed by atoms with van der Waals surface area (Å²) in [6, 6.07) is 6.23. The molecule has 0 amide bonds. The zero-order valence-corrected chi connectivity index (χ0v) is 10.9. The fraction of sp³-hybridized carbons (Fsp3) is 0.545. The number of thioether (sulfide) groups is 1. The van der Waals surface area contributed by atoms with Crippen LogP contribution in [0.1, 0.15) is 20.3 Å². The van der Waals surface area contributed by atoms with Gasteiger partial charge in [-0.1, -0.05) is 26.3 Å². The summed E-state index contributed by atoms with van der Waals surface area (Å²) in [5.41, 5.74) is 6.03. The molecule has 0 bridgehead atoms. The van der Waals surface area contributed by atoms with Crippen LogP contribution in [0.4, 0.5) is 0 Å². The smallest absolute Gasteiger partial charge is 0.0960 e. The average molecular weight is 247 g/mol. The van der Waals surface area contributed by atoms with E-state index in [0.29, 0.717) is 5.92 Å². The quantitative estimate of drug-likeness (QED) is 0.812. The summed E-state index contributed by atoms with van der Waals surface area (Å²) in [6.07, 6.45) is 2.96. The minimum absolute atomic E-state index is 0. The Morgan fingerprint density at radius 3 is 2.73 bits per heavy atom. The number of hydrogen-bond donors (Lipinski definition) is 1. The fourth-order valence-electron chi connectivity index (χ4n) is 1.08. The third-order valence-corrected chi connectivity index (χ3v) is 3.53. The number of nitrogens with zero attached hydrogens (tertiary/aromatic N) is 1. The lowest BCUT2D eigenvalue weighted by atomic mass is 10.0. The summed E-state index contributed by atoms with van der Waals surface area (Å²) in [4.78, 5) is 4.24. The Morgan fingerprint density at radius 2 is 2.20 bits per heavy atom. The first-order valence-corrected chi connectivity index (χ1v) is 6.02. The molecule has 1 aromatic heterocycles. The van der Waals surface area contributed by atoms with Gasteiger partial charge in [0.05, 0.1) is 5.03 Å². The molecule has 86 valence electrons. The van der Waals surface area contributed by atoms with Crippen LogP contribution in [0.2, 0.25) is 0 Å². The Morgan fingerprint density at radius 1 is 1.47 bits per heavy atom. The van der Waals surface area contributed by atoms with Gasteiger partial charge in [0.25, 0.3) is 0 Å². The van der Waals surface area contributed by atoms with Gasteiger partial charge in [0.2, 0.25) is 0 Å². The second-order valence-electron chi connectivity index (χ2n) is 3.53. The molecule has 0 aromatic carbocycles. The largest absolute Gasteiger partial charge is 0.327 e. The van der Waals surface area contributed by atoms with E-state index in [9.17, 15) is 0 Å². The van der Waals surface area contributed by atoms with Gasteiger partial charge in [-0.15, -0.1) is 24.2 Å². The second-order valence-corrected chi connectivity index (χ2v) is 4.57. The van der Waals surface area contributed by atoms with Crippen molar-refractivity contribution in [3.8, 4) is 0 Å². The zero-order valence-electron chi connectivity index (χ0n) is 9.22. The molecule has 0 aliphatic rings. The number of nitrogens with two attached hydrogens (primary N) is 1. The van der Waals surface area contributed by atoms with Gasteiger partial charge in [-0.05, 0) is 18.1 Å². The molecule has 15 heavy (non-hydrogen) atoms. The van der Waals surface area contributed by atoms with Crippen LogP contribution in [0.5, 0.6) is 0 Å². The van der Waals surface area contributed by atoms with Crippen LogP contribution >= 0.6 is 24.2 Å². The number of hydrogen-bond acceptors (Lipinski definition) is 3. The van der Waals surface area contributed by atoms with E-state index < -0.39 is 0 Å². The Labute approximate surface area is 102 Å². The molecule has 2 unspecified atom stereocenters. The highest BCUT2D eigenvalue weighted by Crippen LogP contribution is 2.18. The predicted octanol–water partition coefficient (Wildman–Crippen LogP) is 2.97. The molecule has 0 aliphatic carbocycles. The molecule has 1 aromatic rings. The molecule has 0 fully saturated rings. The highest BCUT2D eigenvalue weighted by molar-refractivity contribution is 7.99. The van der Waals surface area contributed by atoms with Crippen molar-refractivity contribution in [2.24, 2.45) is 11.7 Å². The predicted molar refractivity (Wildman–Crippen MR) is 69.6 cm³/mol. The third-order valence-electron chi connectivity index (χ3n) is 2.44. The van der Waals surface area contributed by atoms with Gasteiger partial charge >= 0.3 is 0 Å². The zero-order chi connectivity index (χ0) is 10.4. The van der Waals surface area contributed by atoms with Crippen LogP contribution in [0.3, 0.4) is 0 Å². The molecule has 0 saturated carbocycles. The van der Waals surface area contributed by atoms with Crippen molar-refractivity contribution in [3.63, 3.8) is 0 Å². The van der Waals surface area contributed by atoms with E-state index in [-0.39, 0.29) is 18.4 Å². The number of halogens is 1. The molecule has 1 heterocycles. The molecule has 1 rings (SSSR count). The van der Waals surface area contributed by atoms with E-state index in [0.717, 1.165) is 17.2 Å². The summed E-state index contributed by atoms with van der Waals surface area (Å²) in [7, 11) is 0. The Kier molecular flexibility index (Phi) is 7.83. The van der Waals surface area contributed by atoms with Gasteiger partial charge in [0.1, 0.15) is 0 Å². The molecule has 0 spiro atoms. The van der Waals surface area contributed by atoms with Crippen molar-refractivity contribution in [2.75, 3.05) is 5.75 Å². The van der Waals surface area contributed by atoms with Crippen LogP contribution in [-0.2, 0) is 0 Å². The van der Waals surface area contributed by atoms with E-state index >= 15 is 0 Å². The monoisotopic (exact) mass is 246 g/mol. The Bertz CT molecular complexity index is 256. The van der Waals surface area contributed by atoms with E-state index in [4.69, 9.17) is 5.73 Å². The summed E-state index contributed by atoms with van der Waals surface area (Å²) >= 11 is 1.74. The van der Waals surface area contributed by atoms with Gasteiger partial charge < -0.3 is 5.73 Å². The third kappa shape index (κ3) is 5.40. The van der Waals surface area contributed by atoms with Crippen LogP contribution in [0, 0.1) is 5.92 Å². The van der Waals surface area contributed by atoms with Gasteiger partial charge in [-0.25, -0.2) is 4.98 Å². The van der Waals surface area contributed by atoms with Crippen LogP contribution in [-0.4, -0.2) is 16.8 Å². The first kappa shape index (κ1) is 14.8. The van der Waals surface area contributed by atoms with Crippen LogP contribution in [0.15, 0.2) is 29.4 Å². The highest BCUT2D eigenvalue weighted by atomic mass is 35.5.